The van der Waals surface area contributed by atoms with Gasteiger partial charge in [-0.2, -0.15) is 0 Å². The first kappa shape index (κ1) is 15.9. The Kier molecular flexibility index (Phi) is 3.64. The molecule has 1 aliphatic heterocycles. The van der Waals surface area contributed by atoms with Crippen molar-refractivity contribution in [2.75, 3.05) is 7.11 Å². The van der Waals surface area contributed by atoms with Crippen molar-refractivity contribution in [3.8, 4) is 0 Å². The van der Waals surface area contributed by atoms with E-state index in [1.165, 1.54) is 7.11 Å². The van der Waals surface area contributed by atoms with Gasteiger partial charge in [-0.25, -0.2) is 0 Å². The molecule has 2 aromatic carbocycles. The molecule has 0 radical (unpaired) electrons. The number of ether oxygens (including phenoxy) is 1. The number of amides is 1. The predicted octanol–water partition coefficient (Wildman–Crippen LogP) is 3.06. The number of methoxy groups -OCH3 is 1. The van der Waals surface area contributed by atoms with Crippen molar-refractivity contribution in [2.45, 2.75) is 36.8 Å². The van der Waals surface area contributed by atoms with Crippen molar-refractivity contribution >= 4 is 11.9 Å². The van der Waals surface area contributed by atoms with Crippen molar-refractivity contribution in [1.29, 1.82) is 0 Å². The number of hydrogen-bond donors (Lipinski definition) is 0. The molecular weight excluding hydrogens is 314 g/mol. The number of carbonyl (C=O) groups excluding carboxylic acids is 2. The highest BCUT2D eigenvalue weighted by atomic mass is 16.5. The zero-order valence-corrected chi connectivity index (χ0v) is 14.3. The SMILES string of the molecule is COC(=O)[C@]1(c2ccccc2)CC2(CC2)N(Cc2ccccc2)C1=O. The lowest BCUT2D eigenvalue weighted by Gasteiger charge is -2.26. The molecule has 1 amide bonds. The van der Waals surface area contributed by atoms with Crippen LogP contribution in [0.1, 0.15) is 30.4 Å². The van der Waals surface area contributed by atoms with E-state index in [2.05, 4.69) is 0 Å². The van der Waals surface area contributed by atoms with E-state index in [1.807, 2.05) is 65.6 Å². The Hall–Kier alpha value is -2.62. The highest BCUT2D eigenvalue weighted by molar-refractivity contribution is 6.11. The van der Waals surface area contributed by atoms with Crippen LogP contribution in [-0.2, 0) is 26.3 Å². The quantitative estimate of drug-likeness (QED) is 0.637. The summed E-state index contributed by atoms with van der Waals surface area (Å²) < 4.78 is 5.10. The molecule has 0 N–H and O–H groups in total. The molecule has 1 atom stereocenters. The van der Waals surface area contributed by atoms with E-state index in [-0.39, 0.29) is 11.4 Å². The van der Waals surface area contributed by atoms with Crippen LogP contribution in [-0.4, -0.2) is 29.4 Å². The molecule has 2 fully saturated rings. The van der Waals surface area contributed by atoms with Gasteiger partial charge in [-0.15, -0.1) is 0 Å². The second-order valence-corrected chi connectivity index (χ2v) is 7.04. The number of hydrogen-bond acceptors (Lipinski definition) is 3. The third kappa shape index (κ3) is 2.36. The van der Waals surface area contributed by atoms with E-state index in [0.29, 0.717) is 13.0 Å². The molecule has 25 heavy (non-hydrogen) atoms. The van der Waals surface area contributed by atoms with Crippen LogP contribution in [0.5, 0.6) is 0 Å². The maximum atomic E-state index is 13.5. The van der Waals surface area contributed by atoms with Crippen LogP contribution >= 0.6 is 0 Å². The van der Waals surface area contributed by atoms with E-state index >= 15 is 0 Å². The Labute approximate surface area is 147 Å². The summed E-state index contributed by atoms with van der Waals surface area (Å²) in [7, 11) is 1.36. The highest BCUT2D eigenvalue weighted by Gasteiger charge is 2.68. The lowest BCUT2D eigenvalue weighted by molar-refractivity contribution is -0.153. The Bertz CT molecular complexity index is 798. The second kappa shape index (κ2) is 5.73. The van der Waals surface area contributed by atoms with E-state index < -0.39 is 11.4 Å². The fraction of sp³-hybridized carbons (Fsp3) is 0.333. The molecular formula is C21H21NO3. The monoisotopic (exact) mass is 335 g/mol. The van der Waals surface area contributed by atoms with Crippen LogP contribution in [0.25, 0.3) is 0 Å². The Morgan fingerprint density at radius 1 is 1.04 bits per heavy atom. The molecule has 4 nitrogen and oxygen atoms in total. The largest absolute Gasteiger partial charge is 0.468 e. The minimum absolute atomic E-state index is 0.132. The van der Waals surface area contributed by atoms with Crippen molar-refractivity contribution in [2.24, 2.45) is 0 Å². The van der Waals surface area contributed by atoms with Crippen molar-refractivity contribution < 1.29 is 14.3 Å². The van der Waals surface area contributed by atoms with E-state index in [4.69, 9.17) is 4.74 Å². The van der Waals surface area contributed by atoms with Crippen LogP contribution in [0.3, 0.4) is 0 Å². The number of nitrogens with zero attached hydrogens (tertiary/aromatic N) is 1. The van der Waals surface area contributed by atoms with E-state index in [1.54, 1.807) is 0 Å². The zero-order chi connectivity index (χ0) is 17.5. The van der Waals surface area contributed by atoms with Crippen LogP contribution in [0.15, 0.2) is 60.7 Å². The third-order valence-corrected chi connectivity index (χ3v) is 5.59. The summed E-state index contributed by atoms with van der Waals surface area (Å²) in [6.07, 6.45) is 2.39. The molecule has 1 spiro atoms. The van der Waals surface area contributed by atoms with Crippen LogP contribution in [0.2, 0.25) is 0 Å². The van der Waals surface area contributed by atoms with Gasteiger partial charge in [0.15, 0.2) is 5.41 Å². The minimum atomic E-state index is -1.22. The van der Waals surface area contributed by atoms with Gasteiger partial charge in [0.2, 0.25) is 5.91 Å². The van der Waals surface area contributed by atoms with E-state index in [9.17, 15) is 9.59 Å². The summed E-state index contributed by atoms with van der Waals surface area (Å²) >= 11 is 0. The fourth-order valence-corrected chi connectivity index (χ4v) is 4.11. The first-order chi connectivity index (χ1) is 12.1. The van der Waals surface area contributed by atoms with E-state index in [0.717, 1.165) is 24.0 Å². The molecule has 2 aromatic rings. The van der Waals surface area contributed by atoms with Gasteiger partial charge in [-0.1, -0.05) is 60.7 Å². The number of benzene rings is 2. The summed E-state index contributed by atoms with van der Waals surface area (Å²) in [6, 6.07) is 19.3. The van der Waals surface area contributed by atoms with Gasteiger partial charge < -0.3 is 9.64 Å². The average molecular weight is 335 g/mol. The molecule has 0 aromatic heterocycles. The maximum Gasteiger partial charge on any atom is 0.326 e. The number of rotatable bonds is 4. The topological polar surface area (TPSA) is 46.6 Å². The van der Waals surface area contributed by atoms with Gasteiger partial charge in [0, 0.05) is 12.1 Å². The standard InChI is InChI=1S/C21H21NO3/c1-25-19(24)21(17-10-6-3-7-11-17)15-20(12-13-20)22(18(21)23)14-16-8-4-2-5-9-16/h2-11H,12-15H2,1H3/t21-/m0/s1. The van der Waals surface area contributed by atoms with Crippen LogP contribution in [0.4, 0.5) is 0 Å². The lowest BCUT2D eigenvalue weighted by atomic mass is 9.77. The lowest BCUT2D eigenvalue weighted by Crippen LogP contribution is -2.45. The number of esters is 1. The molecule has 1 saturated carbocycles. The van der Waals surface area contributed by atoms with Gasteiger partial charge in [-0.3, -0.25) is 9.59 Å². The molecule has 0 bridgehead atoms. The predicted molar refractivity (Wildman–Crippen MR) is 93.7 cm³/mol. The molecule has 1 saturated heterocycles. The minimum Gasteiger partial charge on any atom is -0.468 e. The molecule has 4 heteroatoms. The summed E-state index contributed by atoms with van der Waals surface area (Å²) in [5, 5.41) is 0. The Morgan fingerprint density at radius 3 is 2.20 bits per heavy atom. The number of carbonyl (C=O) groups is 2. The zero-order valence-electron chi connectivity index (χ0n) is 14.3. The van der Waals surface area contributed by atoms with Crippen molar-refractivity contribution in [1.82, 2.24) is 4.90 Å². The normalized spacial score (nSPS) is 23.7. The third-order valence-electron chi connectivity index (χ3n) is 5.59. The van der Waals surface area contributed by atoms with Crippen molar-refractivity contribution in [3.05, 3.63) is 71.8 Å². The average Bonchev–Trinajstić information content (AvgIpc) is 3.40. The summed E-state index contributed by atoms with van der Waals surface area (Å²) in [5.41, 5.74) is 0.377. The molecule has 1 aliphatic carbocycles. The smallest absolute Gasteiger partial charge is 0.326 e. The summed E-state index contributed by atoms with van der Waals surface area (Å²) in [6.45, 7) is 0.533. The van der Waals surface area contributed by atoms with Gasteiger partial charge in [0.25, 0.3) is 0 Å². The molecule has 2 aliphatic rings. The van der Waals surface area contributed by atoms with Gasteiger partial charge in [-0.05, 0) is 30.4 Å². The highest BCUT2D eigenvalue weighted by Crippen LogP contribution is 2.57. The summed E-state index contributed by atoms with van der Waals surface area (Å²) in [5.74, 6) is -0.586. The maximum absolute atomic E-state index is 13.5. The first-order valence-corrected chi connectivity index (χ1v) is 8.62. The first-order valence-electron chi connectivity index (χ1n) is 8.62. The van der Waals surface area contributed by atoms with Crippen molar-refractivity contribution in [3.63, 3.8) is 0 Å². The summed E-state index contributed by atoms with van der Waals surface area (Å²) in [4.78, 5) is 28.2. The molecule has 4 rings (SSSR count). The number of likely N-dealkylation sites (tertiary alicyclic amines) is 1. The van der Waals surface area contributed by atoms with Crippen LogP contribution < -0.4 is 0 Å². The van der Waals surface area contributed by atoms with Gasteiger partial charge in [0.05, 0.1) is 7.11 Å². The fourth-order valence-electron chi connectivity index (χ4n) is 4.11. The second-order valence-electron chi connectivity index (χ2n) is 7.04. The molecule has 128 valence electrons. The Balaban J connectivity index is 1.77. The van der Waals surface area contributed by atoms with Crippen LogP contribution in [0, 0.1) is 0 Å². The Morgan fingerprint density at radius 2 is 1.64 bits per heavy atom. The molecule has 1 heterocycles. The van der Waals surface area contributed by atoms with Gasteiger partial charge >= 0.3 is 5.97 Å². The van der Waals surface area contributed by atoms with Gasteiger partial charge in [0.1, 0.15) is 0 Å². The molecule has 0 unspecified atom stereocenters.